The summed E-state index contributed by atoms with van der Waals surface area (Å²) in [6.07, 6.45) is 3.04. The quantitative estimate of drug-likeness (QED) is 0.170. The van der Waals surface area contributed by atoms with Crippen molar-refractivity contribution in [2.24, 2.45) is 11.7 Å². The van der Waals surface area contributed by atoms with Crippen molar-refractivity contribution in [1.82, 2.24) is 20.9 Å². The van der Waals surface area contributed by atoms with Crippen LogP contribution in [0.4, 0.5) is 0 Å². The summed E-state index contributed by atoms with van der Waals surface area (Å²) in [7, 11) is 0. The minimum atomic E-state index is -1.54. The van der Waals surface area contributed by atoms with Crippen LogP contribution in [0, 0.1) is 5.92 Å². The van der Waals surface area contributed by atoms with Crippen LogP contribution < -0.4 is 21.7 Å². The Morgan fingerprint density at radius 2 is 1.63 bits per heavy atom. The molecule has 1 heterocycles. The highest BCUT2D eigenvalue weighted by Gasteiger charge is 2.32. The predicted octanol–water partition coefficient (Wildman–Crippen LogP) is 0.757. The van der Waals surface area contributed by atoms with E-state index in [9.17, 15) is 29.4 Å². The third-order valence-corrected chi connectivity index (χ3v) is 6.73. The SMILES string of the molecule is CSCCC(NC(=O)C(Cc1c[nH]c2ccccc12)NC(=O)C(N)CC(C)C)C(=O)NC(C(=O)O)C(C)O. The Hall–Kier alpha value is -3.09. The van der Waals surface area contributed by atoms with Crippen molar-refractivity contribution in [3.8, 4) is 0 Å². The number of thioether (sulfide) groups is 1. The minimum Gasteiger partial charge on any atom is -0.480 e. The number of aliphatic hydroxyl groups is 1. The number of carbonyl (C=O) groups is 4. The van der Waals surface area contributed by atoms with E-state index in [0.717, 1.165) is 16.5 Å². The van der Waals surface area contributed by atoms with E-state index in [-0.39, 0.29) is 18.8 Å². The minimum absolute atomic E-state index is 0.137. The number of fused-ring (bicyclic) bond motifs is 1. The van der Waals surface area contributed by atoms with Gasteiger partial charge in [0.2, 0.25) is 17.7 Å². The number of aliphatic hydroxyl groups excluding tert-OH is 1. The highest BCUT2D eigenvalue weighted by molar-refractivity contribution is 7.98. The molecule has 0 fully saturated rings. The van der Waals surface area contributed by atoms with Crippen molar-refractivity contribution in [1.29, 1.82) is 0 Å². The summed E-state index contributed by atoms with van der Waals surface area (Å²) < 4.78 is 0. The Kier molecular flexibility index (Phi) is 12.1. The summed E-state index contributed by atoms with van der Waals surface area (Å²) in [5.74, 6) is -2.55. The molecule has 0 saturated heterocycles. The van der Waals surface area contributed by atoms with Gasteiger partial charge in [0.1, 0.15) is 12.1 Å². The van der Waals surface area contributed by atoms with Gasteiger partial charge in [-0.25, -0.2) is 4.79 Å². The average molecular weight is 550 g/mol. The topological polar surface area (TPSA) is 187 Å². The summed E-state index contributed by atoms with van der Waals surface area (Å²) in [5, 5.41) is 27.7. The molecule has 0 aliphatic carbocycles. The number of nitrogens with one attached hydrogen (secondary N) is 4. The Morgan fingerprint density at radius 1 is 1.00 bits per heavy atom. The predicted molar refractivity (Wildman–Crippen MR) is 148 cm³/mol. The molecule has 0 aliphatic heterocycles. The van der Waals surface area contributed by atoms with Crippen LogP contribution in [-0.4, -0.2) is 81.2 Å². The summed E-state index contributed by atoms with van der Waals surface area (Å²) in [6.45, 7) is 5.13. The molecule has 38 heavy (non-hydrogen) atoms. The Morgan fingerprint density at radius 3 is 2.24 bits per heavy atom. The van der Waals surface area contributed by atoms with Gasteiger partial charge in [-0.3, -0.25) is 14.4 Å². The summed E-state index contributed by atoms with van der Waals surface area (Å²) in [5.41, 5.74) is 7.73. The molecule has 210 valence electrons. The van der Waals surface area contributed by atoms with Gasteiger partial charge in [0.15, 0.2) is 6.04 Å². The molecule has 0 radical (unpaired) electrons. The van der Waals surface area contributed by atoms with Crippen LogP contribution in [-0.2, 0) is 25.6 Å². The van der Waals surface area contributed by atoms with E-state index in [1.807, 2.05) is 44.4 Å². The van der Waals surface area contributed by atoms with E-state index in [2.05, 4.69) is 20.9 Å². The second-order valence-electron chi connectivity index (χ2n) is 9.77. The average Bonchev–Trinajstić information content (AvgIpc) is 3.26. The number of nitrogens with two attached hydrogens (primary N) is 1. The van der Waals surface area contributed by atoms with Crippen molar-refractivity contribution in [3.05, 3.63) is 36.0 Å². The number of hydrogen-bond acceptors (Lipinski definition) is 7. The fraction of sp³-hybridized carbons (Fsp3) is 0.538. The first kappa shape index (κ1) is 31.1. The number of para-hydroxylation sites is 1. The first-order valence-electron chi connectivity index (χ1n) is 12.6. The lowest BCUT2D eigenvalue weighted by Crippen LogP contribution is -2.58. The van der Waals surface area contributed by atoms with Crippen molar-refractivity contribution in [3.63, 3.8) is 0 Å². The third kappa shape index (κ3) is 9.03. The number of hydrogen-bond donors (Lipinski definition) is 7. The smallest absolute Gasteiger partial charge is 0.328 e. The van der Waals surface area contributed by atoms with E-state index < -0.39 is 54.0 Å². The van der Waals surface area contributed by atoms with Crippen LogP contribution in [0.15, 0.2) is 30.5 Å². The zero-order valence-corrected chi connectivity index (χ0v) is 23.0. The fourth-order valence-electron chi connectivity index (χ4n) is 4.04. The van der Waals surface area contributed by atoms with Gasteiger partial charge in [0.05, 0.1) is 12.1 Å². The molecule has 12 heteroatoms. The van der Waals surface area contributed by atoms with Crippen molar-refractivity contribution >= 4 is 46.4 Å². The van der Waals surface area contributed by atoms with Crippen LogP contribution in [0.3, 0.4) is 0 Å². The molecule has 1 aromatic carbocycles. The molecule has 11 nitrogen and oxygen atoms in total. The highest BCUT2D eigenvalue weighted by atomic mass is 32.2. The molecule has 5 unspecified atom stereocenters. The van der Waals surface area contributed by atoms with Gasteiger partial charge in [0.25, 0.3) is 0 Å². The first-order valence-corrected chi connectivity index (χ1v) is 13.9. The van der Waals surface area contributed by atoms with Crippen molar-refractivity contribution in [2.45, 2.75) is 70.3 Å². The lowest BCUT2D eigenvalue weighted by Gasteiger charge is -2.26. The van der Waals surface area contributed by atoms with E-state index >= 15 is 0 Å². The van der Waals surface area contributed by atoms with E-state index in [1.54, 1.807) is 6.20 Å². The molecular weight excluding hydrogens is 510 g/mol. The van der Waals surface area contributed by atoms with Gasteiger partial charge >= 0.3 is 5.97 Å². The second-order valence-corrected chi connectivity index (χ2v) is 10.8. The monoisotopic (exact) mass is 549 g/mol. The molecule has 0 bridgehead atoms. The molecule has 8 N–H and O–H groups in total. The number of rotatable bonds is 15. The number of aliphatic carboxylic acids is 1. The number of aromatic amines is 1. The van der Waals surface area contributed by atoms with Gasteiger partial charge < -0.3 is 36.9 Å². The standard InChI is InChI=1S/C26H39N5O6S/c1-14(2)11-18(27)23(33)30-21(12-16-13-28-19-8-6-5-7-17(16)19)25(35)29-20(9-10-38-4)24(34)31-22(15(3)32)26(36)37/h5-8,13-15,18,20-22,28,32H,9-12,27H2,1-4H3,(H,29,35)(H,30,33)(H,31,34)(H,36,37). The van der Waals surface area contributed by atoms with Crippen LogP contribution in [0.25, 0.3) is 10.9 Å². The second kappa shape index (κ2) is 14.7. The number of carbonyl (C=O) groups excluding carboxylic acids is 3. The van der Waals surface area contributed by atoms with E-state index in [4.69, 9.17) is 5.73 Å². The number of carboxylic acids is 1. The Labute approximate surface area is 226 Å². The lowest BCUT2D eigenvalue weighted by atomic mass is 10.0. The van der Waals surface area contributed by atoms with Gasteiger partial charge in [0, 0.05) is 23.5 Å². The molecule has 5 atom stereocenters. The molecule has 3 amide bonds. The summed E-state index contributed by atoms with van der Waals surface area (Å²) >= 11 is 1.45. The van der Waals surface area contributed by atoms with Crippen molar-refractivity contribution in [2.75, 3.05) is 12.0 Å². The fourth-order valence-corrected chi connectivity index (χ4v) is 4.51. The molecule has 0 aliphatic rings. The van der Waals surface area contributed by atoms with Crippen LogP contribution in [0.1, 0.15) is 39.2 Å². The van der Waals surface area contributed by atoms with Crippen LogP contribution >= 0.6 is 11.8 Å². The number of amides is 3. The Balaban J connectivity index is 2.29. The normalized spacial score (nSPS) is 15.3. The molecule has 0 saturated carbocycles. The number of H-pyrrole nitrogens is 1. The van der Waals surface area contributed by atoms with Gasteiger partial charge in [-0.1, -0.05) is 32.0 Å². The maximum atomic E-state index is 13.5. The largest absolute Gasteiger partial charge is 0.480 e. The molecule has 1 aromatic heterocycles. The van der Waals surface area contributed by atoms with Gasteiger partial charge in [-0.15, -0.1) is 0 Å². The van der Waals surface area contributed by atoms with Crippen LogP contribution in [0.2, 0.25) is 0 Å². The molecular formula is C26H39N5O6S. The molecule has 2 aromatic rings. The van der Waals surface area contributed by atoms with Gasteiger partial charge in [-0.2, -0.15) is 11.8 Å². The Bertz CT molecular complexity index is 1100. The highest BCUT2D eigenvalue weighted by Crippen LogP contribution is 2.19. The van der Waals surface area contributed by atoms with Crippen LogP contribution in [0.5, 0.6) is 0 Å². The lowest BCUT2D eigenvalue weighted by molar-refractivity contribution is -0.145. The number of carboxylic acid groups (broad SMARTS) is 1. The maximum Gasteiger partial charge on any atom is 0.328 e. The number of aromatic nitrogens is 1. The first-order chi connectivity index (χ1) is 17.9. The summed E-state index contributed by atoms with van der Waals surface area (Å²) in [6, 6.07) is 3.08. The third-order valence-electron chi connectivity index (χ3n) is 6.08. The molecule has 0 spiro atoms. The van der Waals surface area contributed by atoms with E-state index in [0.29, 0.717) is 12.2 Å². The summed E-state index contributed by atoms with van der Waals surface area (Å²) in [4.78, 5) is 53.9. The maximum absolute atomic E-state index is 13.5. The number of benzene rings is 1. The van der Waals surface area contributed by atoms with Gasteiger partial charge in [-0.05, 0) is 49.3 Å². The zero-order chi connectivity index (χ0) is 28.4. The van der Waals surface area contributed by atoms with Crippen molar-refractivity contribution < 1.29 is 29.4 Å². The zero-order valence-electron chi connectivity index (χ0n) is 22.2. The van der Waals surface area contributed by atoms with E-state index in [1.165, 1.54) is 18.7 Å². The molecule has 2 rings (SSSR count).